The minimum absolute atomic E-state index is 0.326. The van der Waals surface area contributed by atoms with E-state index in [4.69, 9.17) is 5.73 Å². The molecule has 7 heteroatoms. The molecule has 124 valence electrons. The third kappa shape index (κ3) is 3.73. The lowest BCUT2D eigenvalue weighted by Gasteiger charge is -2.16. The van der Waals surface area contributed by atoms with E-state index in [1.54, 1.807) is 0 Å². The van der Waals surface area contributed by atoms with Crippen molar-refractivity contribution in [3.05, 3.63) is 52.0 Å². The van der Waals surface area contributed by atoms with Gasteiger partial charge in [-0.05, 0) is 18.0 Å². The van der Waals surface area contributed by atoms with Crippen molar-refractivity contribution in [1.29, 1.82) is 0 Å². The van der Waals surface area contributed by atoms with Gasteiger partial charge in [-0.2, -0.15) is 13.2 Å². The predicted molar refractivity (Wildman–Crippen MR) is 84.1 cm³/mol. The lowest BCUT2D eigenvalue weighted by atomic mass is 9.89. The van der Waals surface area contributed by atoms with Crippen molar-refractivity contribution >= 4 is 11.3 Å². The number of halogens is 3. The Labute approximate surface area is 136 Å². The van der Waals surface area contributed by atoms with E-state index in [0.717, 1.165) is 24.4 Å². The first-order valence-corrected chi connectivity index (χ1v) is 8.28. The Bertz CT molecular complexity index is 642. The molecule has 0 amide bonds. The monoisotopic (exact) mass is 341 g/mol. The van der Waals surface area contributed by atoms with E-state index >= 15 is 0 Å². The summed E-state index contributed by atoms with van der Waals surface area (Å²) in [5, 5.41) is -0.776. The normalized spacial score (nSPS) is 22.6. The number of alkyl halides is 3. The first-order valence-electron chi connectivity index (χ1n) is 7.46. The Morgan fingerprint density at radius 2 is 1.96 bits per heavy atom. The van der Waals surface area contributed by atoms with E-state index in [1.165, 1.54) is 11.8 Å². The highest BCUT2D eigenvalue weighted by atomic mass is 32.1. The fourth-order valence-corrected chi connectivity index (χ4v) is 3.96. The summed E-state index contributed by atoms with van der Waals surface area (Å²) in [5.41, 5.74) is 7.13. The Morgan fingerprint density at radius 3 is 2.57 bits per heavy atom. The number of nitrogens with zero attached hydrogens (tertiary/aromatic N) is 2. The van der Waals surface area contributed by atoms with Gasteiger partial charge in [0.05, 0.1) is 0 Å². The van der Waals surface area contributed by atoms with Gasteiger partial charge >= 0.3 is 6.18 Å². The zero-order valence-corrected chi connectivity index (χ0v) is 13.3. The van der Waals surface area contributed by atoms with Crippen molar-refractivity contribution in [2.45, 2.75) is 18.6 Å². The van der Waals surface area contributed by atoms with E-state index < -0.39 is 11.2 Å². The fourth-order valence-electron chi connectivity index (χ4n) is 3.14. The number of rotatable bonds is 4. The summed E-state index contributed by atoms with van der Waals surface area (Å²) < 4.78 is 37.9. The predicted octanol–water partition coefficient (Wildman–Crippen LogP) is 3.34. The maximum Gasteiger partial charge on any atom is 0.443 e. The summed E-state index contributed by atoms with van der Waals surface area (Å²) in [6.45, 7) is 2.68. The molecule has 2 heterocycles. The quantitative estimate of drug-likeness (QED) is 0.927. The second kappa shape index (κ2) is 6.59. The zero-order chi connectivity index (χ0) is 16.4. The number of benzene rings is 1. The summed E-state index contributed by atoms with van der Waals surface area (Å²) in [7, 11) is 0. The maximum absolute atomic E-state index is 12.6. The van der Waals surface area contributed by atoms with Crippen molar-refractivity contribution in [2.24, 2.45) is 11.7 Å². The van der Waals surface area contributed by atoms with Crippen LogP contribution >= 0.6 is 11.3 Å². The third-order valence-corrected chi connectivity index (χ3v) is 5.25. The summed E-state index contributed by atoms with van der Waals surface area (Å²) in [6.07, 6.45) is -3.03. The number of hydrogen-bond donors (Lipinski definition) is 1. The van der Waals surface area contributed by atoms with E-state index in [2.05, 4.69) is 22.0 Å². The van der Waals surface area contributed by atoms with Gasteiger partial charge in [-0.1, -0.05) is 30.3 Å². The zero-order valence-electron chi connectivity index (χ0n) is 12.5. The summed E-state index contributed by atoms with van der Waals surface area (Å²) in [4.78, 5) is 6.30. The minimum Gasteiger partial charge on any atom is -0.330 e. The van der Waals surface area contributed by atoms with E-state index in [-0.39, 0.29) is 0 Å². The fraction of sp³-hybridized carbons (Fsp3) is 0.438. The largest absolute Gasteiger partial charge is 0.443 e. The first-order chi connectivity index (χ1) is 11.0. The van der Waals surface area contributed by atoms with Gasteiger partial charge < -0.3 is 5.73 Å². The van der Waals surface area contributed by atoms with Crippen molar-refractivity contribution < 1.29 is 13.2 Å². The standard InChI is InChI=1S/C16H18F3N3S/c17-16(18,19)15-21-7-13(23-15)9-22-8-12(6-20)14(10-22)11-4-2-1-3-5-11/h1-5,7,12,14H,6,8-10,20H2/t12-,14+/m1/s1. The first kappa shape index (κ1) is 16.4. The van der Waals surface area contributed by atoms with Crippen LogP contribution < -0.4 is 5.73 Å². The molecule has 0 saturated carbocycles. The van der Waals surface area contributed by atoms with Gasteiger partial charge in [-0.25, -0.2) is 4.98 Å². The highest BCUT2D eigenvalue weighted by Gasteiger charge is 2.36. The van der Waals surface area contributed by atoms with Gasteiger partial charge in [0.15, 0.2) is 5.01 Å². The van der Waals surface area contributed by atoms with Crippen LogP contribution in [0, 0.1) is 5.92 Å². The molecule has 1 aromatic heterocycles. The number of hydrogen-bond acceptors (Lipinski definition) is 4. The molecule has 3 rings (SSSR count). The highest BCUT2D eigenvalue weighted by Crippen LogP contribution is 2.35. The lowest BCUT2D eigenvalue weighted by molar-refractivity contribution is -0.137. The number of nitrogens with two attached hydrogens (primary N) is 1. The Hall–Kier alpha value is -1.44. The molecule has 2 aromatic rings. The lowest BCUT2D eigenvalue weighted by Crippen LogP contribution is -2.22. The molecule has 1 aliphatic heterocycles. The summed E-state index contributed by atoms with van der Waals surface area (Å²) in [6, 6.07) is 10.2. The summed E-state index contributed by atoms with van der Waals surface area (Å²) in [5.74, 6) is 0.656. The van der Waals surface area contributed by atoms with E-state index in [0.29, 0.717) is 29.8 Å². The molecule has 1 aliphatic rings. The molecule has 3 nitrogen and oxygen atoms in total. The maximum atomic E-state index is 12.6. The van der Waals surface area contributed by atoms with Crippen LogP contribution in [0.4, 0.5) is 13.2 Å². The number of thiazole rings is 1. The van der Waals surface area contributed by atoms with Gasteiger partial charge in [-0.15, -0.1) is 11.3 Å². The van der Waals surface area contributed by atoms with E-state index in [9.17, 15) is 13.2 Å². The van der Waals surface area contributed by atoms with Crippen molar-refractivity contribution in [2.75, 3.05) is 19.6 Å². The van der Waals surface area contributed by atoms with Gasteiger partial charge in [0.1, 0.15) is 0 Å². The van der Waals surface area contributed by atoms with Crippen LogP contribution in [-0.4, -0.2) is 29.5 Å². The van der Waals surface area contributed by atoms with Crippen LogP contribution in [0.15, 0.2) is 36.5 Å². The third-order valence-electron chi connectivity index (χ3n) is 4.22. The molecular formula is C16H18F3N3S. The molecule has 1 saturated heterocycles. The molecule has 0 spiro atoms. The Kier molecular flexibility index (Phi) is 4.70. The molecule has 0 radical (unpaired) electrons. The van der Waals surface area contributed by atoms with Crippen molar-refractivity contribution in [3.63, 3.8) is 0 Å². The Morgan fingerprint density at radius 1 is 1.22 bits per heavy atom. The molecule has 0 aliphatic carbocycles. The van der Waals surface area contributed by atoms with Crippen LogP contribution in [0.3, 0.4) is 0 Å². The molecule has 23 heavy (non-hydrogen) atoms. The number of likely N-dealkylation sites (tertiary alicyclic amines) is 1. The average Bonchev–Trinajstić information content (AvgIpc) is 3.15. The molecule has 2 N–H and O–H groups in total. The molecule has 0 bridgehead atoms. The minimum atomic E-state index is -4.36. The number of aromatic nitrogens is 1. The van der Waals surface area contributed by atoms with Crippen LogP contribution in [0.25, 0.3) is 0 Å². The summed E-state index contributed by atoms with van der Waals surface area (Å²) >= 11 is 0.724. The topological polar surface area (TPSA) is 42.1 Å². The van der Waals surface area contributed by atoms with Crippen LogP contribution in [0.2, 0.25) is 0 Å². The highest BCUT2D eigenvalue weighted by molar-refractivity contribution is 7.11. The van der Waals surface area contributed by atoms with Crippen LogP contribution in [0.5, 0.6) is 0 Å². The van der Waals surface area contributed by atoms with E-state index in [1.807, 2.05) is 18.2 Å². The molecule has 0 unspecified atom stereocenters. The second-order valence-corrected chi connectivity index (χ2v) is 6.95. The van der Waals surface area contributed by atoms with Crippen LogP contribution in [0.1, 0.15) is 21.4 Å². The Balaban J connectivity index is 1.69. The smallest absolute Gasteiger partial charge is 0.330 e. The second-order valence-electron chi connectivity index (χ2n) is 5.84. The SMILES string of the molecule is NC[C@@H]1CN(Cc2cnc(C(F)(F)F)s2)C[C@H]1c1ccccc1. The molecule has 1 aromatic carbocycles. The van der Waals surface area contributed by atoms with Gasteiger partial charge in [-0.3, -0.25) is 4.90 Å². The van der Waals surface area contributed by atoms with Gasteiger partial charge in [0.2, 0.25) is 0 Å². The van der Waals surface area contributed by atoms with Gasteiger partial charge in [0, 0.05) is 36.6 Å². The molecule has 1 fully saturated rings. The molecule has 2 atom stereocenters. The average molecular weight is 341 g/mol. The van der Waals surface area contributed by atoms with Gasteiger partial charge in [0.25, 0.3) is 0 Å². The van der Waals surface area contributed by atoms with Crippen LogP contribution in [-0.2, 0) is 12.7 Å². The van der Waals surface area contributed by atoms with Crippen molar-refractivity contribution in [3.8, 4) is 0 Å². The van der Waals surface area contributed by atoms with Crippen molar-refractivity contribution in [1.82, 2.24) is 9.88 Å². The molecular weight excluding hydrogens is 323 g/mol.